The topological polar surface area (TPSA) is 224 Å². The van der Waals surface area contributed by atoms with Crippen molar-refractivity contribution in [3.8, 4) is 5.75 Å². The fraction of sp³-hybridized carbons (Fsp3) is 0.750. The molecule has 3 aromatic rings. The molecule has 0 bridgehead atoms. The molecule has 16 aliphatic rings. The molecule has 9 saturated carbocycles. The van der Waals surface area contributed by atoms with E-state index in [9.17, 15) is 29.6 Å². The fourth-order valence-corrected chi connectivity index (χ4v) is 28.9. The van der Waals surface area contributed by atoms with E-state index in [1.165, 1.54) is 159 Å². The second kappa shape index (κ2) is 38.8. The zero-order valence-corrected chi connectivity index (χ0v) is 75.9. The smallest absolute Gasteiger partial charge is 0.468 e. The molecular formula is C92H136Cl3N7O13P2. The predicted molar refractivity (Wildman–Crippen MR) is 465 cm³/mol. The number of likely N-dealkylation sites (tertiary alicyclic amines) is 3. The molecule has 13 fully saturated rings. The average Bonchev–Trinajstić information content (AvgIpc) is 1.56. The van der Waals surface area contributed by atoms with E-state index in [4.69, 9.17) is 62.4 Å². The molecule has 19 rings (SSSR count). The Morgan fingerprint density at radius 3 is 1.43 bits per heavy atom. The number of hydrogen-bond donors (Lipinski definition) is 2. The Morgan fingerprint density at radius 2 is 1.03 bits per heavy atom. The molecule has 25 heteroatoms. The van der Waals surface area contributed by atoms with Gasteiger partial charge >= 0.3 is 17.7 Å². The van der Waals surface area contributed by atoms with Gasteiger partial charge in [0, 0.05) is 94.6 Å². The molecule has 1 amide bonds. The van der Waals surface area contributed by atoms with Crippen molar-refractivity contribution in [2.75, 3.05) is 73.4 Å². The first-order chi connectivity index (χ1) is 56.1. The second-order valence-electron chi connectivity index (χ2n) is 38.8. The second-order valence-corrected chi connectivity index (χ2v) is 41.2. The summed E-state index contributed by atoms with van der Waals surface area (Å²) in [6, 6.07) is 14.9. The van der Waals surface area contributed by atoms with Gasteiger partial charge in [0.2, 0.25) is 0 Å². The van der Waals surface area contributed by atoms with Crippen LogP contribution in [-0.2, 0) is 31.8 Å². The van der Waals surface area contributed by atoms with Crippen molar-refractivity contribution >= 4 is 76.2 Å². The fourth-order valence-electron chi connectivity index (χ4n) is 28.5. The van der Waals surface area contributed by atoms with E-state index in [2.05, 4.69) is 120 Å². The van der Waals surface area contributed by atoms with Crippen LogP contribution in [0.5, 0.6) is 5.75 Å². The number of nitro groups is 1. The van der Waals surface area contributed by atoms with Crippen LogP contribution in [-0.4, -0.2) is 157 Å². The zero-order chi connectivity index (χ0) is 83.4. The number of carbonyl (C=O) groups excluding carboxylic acids is 3. The largest absolute Gasteiger partial charge is 0.518 e. The van der Waals surface area contributed by atoms with Gasteiger partial charge in [0.15, 0.2) is 0 Å². The van der Waals surface area contributed by atoms with E-state index in [1.807, 2.05) is 31.3 Å². The lowest BCUT2D eigenvalue weighted by atomic mass is 9.47. The minimum absolute atomic E-state index is 0.00227. The maximum Gasteiger partial charge on any atom is 0.518 e. The quantitative estimate of drug-likeness (QED) is 0.0386. The first kappa shape index (κ1) is 90.3. The number of ether oxygens (including phenoxy) is 4. The molecule has 6 heterocycles. The molecule has 4 saturated heterocycles. The van der Waals surface area contributed by atoms with Crippen molar-refractivity contribution in [1.29, 1.82) is 0 Å². The Labute approximate surface area is 716 Å². The van der Waals surface area contributed by atoms with E-state index in [0.29, 0.717) is 33.6 Å². The summed E-state index contributed by atoms with van der Waals surface area (Å²) in [7, 11) is 13.2. The summed E-state index contributed by atoms with van der Waals surface area (Å²) >= 11 is 14.4. The summed E-state index contributed by atoms with van der Waals surface area (Å²) in [5.74, 6) is 12.6. The van der Waals surface area contributed by atoms with Crippen molar-refractivity contribution in [1.82, 2.24) is 24.9 Å². The van der Waals surface area contributed by atoms with E-state index in [-0.39, 0.29) is 55.2 Å². The lowest BCUT2D eigenvalue weighted by Crippen LogP contribution is -2.52. The Morgan fingerprint density at radius 1 is 0.615 bits per heavy atom. The third-order valence-electron chi connectivity index (χ3n) is 34.0. The molecule has 117 heavy (non-hydrogen) atoms. The van der Waals surface area contributed by atoms with Crippen molar-refractivity contribution in [3.05, 3.63) is 118 Å². The number of nitro benzene ring substituents is 1. The number of benzene rings is 1. The molecule has 0 radical (unpaired) electrons. The van der Waals surface area contributed by atoms with Crippen LogP contribution >= 0.6 is 52.8 Å². The van der Waals surface area contributed by atoms with Crippen LogP contribution in [0, 0.1) is 114 Å². The molecule has 1 aromatic carbocycles. The minimum atomic E-state index is -0.978. The first-order valence-corrected chi connectivity index (χ1v) is 47.1. The summed E-state index contributed by atoms with van der Waals surface area (Å²) < 4.78 is 40.0. The van der Waals surface area contributed by atoms with Gasteiger partial charge in [-0.15, -0.1) is 23.2 Å². The van der Waals surface area contributed by atoms with Gasteiger partial charge in [0.25, 0.3) is 14.3 Å². The molecular weight excluding hydrogens is 1580 g/mol. The number of rotatable bonds is 9. The lowest BCUT2D eigenvalue weighted by molar-refractivity contribution is -0.384. The van der Waals surface area contributed by atoms with Gasteiger partial charge in [0.05, 0.1) is 42.0 Å². The first-order valence-electron chi connectivity index (χ1n) is 44.4. The molecule has 4 aliphatic heterocycles. The van der Waals surface area contributed by atoms with Crippen molar-refractivity contribution in [2.24, 2.45) is 108 Å². The van der Waals surface area contributed by atoms with Crippen LogP contribution in [0.1, 0.15) is 220 Å². The molecule has 2 N–H and O–H groups in total. The molecule has 25 atom stereocenters. The number of nitrogens with one attached hydrogen (secondary N) is 1. The molecule has 3 spiro atoms. The van der Waals surface area contributed by atoms with Gasteiger partial charge < -0.3 is 62.3 Å². The normalized spacial score (nSPS) is 39.4. The number of hydrogen-bond acceptors (Lipinski definition) is 18. The number of aliphatic hydroxyl groups is 1. The highest BCUT2D eigenvalue weighted by Gasteiger charge is 2.68. The number of halogens is 3. The molecule has 2 aromatic heterocycles. The summed E-state index contributed by atoms with van der Waals surface area (Å²) in [6.45, 7) is 22.3. The van der Waals surface area contributed by atoms with Gasteiger partial charge in [0.1, 0.15) is 29.5 Å². The summed E-state index contributed by atoms with van der Waals surface area (Å²) in [5.41, 5.74) is 6.48. The lowest BCUT2D eigenvalue weighted by Gasteiger charge is -2.58. The van der Waals surface area contributed by atoms with E-state index in [0.717, 1.165) is 172 Å². The van der Waals surface area contributed by atoms with Crippen molar-refractivity contribution in [2.45, 2.75) is 258 Å². The number of carbonyl (C=O) groups is 3. The Balaban J connectivity index is 0.000000131. The van der Waals surface area contributed by atoms with Crippen molar-refractivity contribution in [3.63, 3.8) is 0 Å². The van der Waals surface area contributed by atoms with Gasteiger partial charge in [-0.2, -0.15) is 0 Å². The SMILES string of the molecule is C1CCOC1.CNCc1ccco1.C[C@H]1[C@H]2CC[C@H]3[C@@H]4CC=C5C[C@@H](O)CC[C@]5(C)[C@H]4CC[C@]23CN1C.C[C@H]1[C@H]2CC[C@H]3[C@@H]4CC=C5C[C@@H](OC(=O)N(C)Cc6ccco6)CC[C@]5(C)[C@H]4CC[C@]23CN1C.C[C@H]1[C@H]2CC[C@H]3[C@@H]4CC=C5C[C@@H](OC(=O)OP=NP)CC[C@]5(C)[C@H]4CC[C@]23CN1C.ClCCl.O=C(Cl)Oc1ccc([N+](=O)[O-])cc1. The van der Waals surface area contributed by atoms with Gasteiger partial charge in [-0.3, -0.25) is 10.1 Å². The molecule has 648 valence electrons. The van der Waals surface area contributed by atoms with Crippen LogP contribution in [0.4, 0.5) is 20.1 Å². The van der Waals surface area contributed by atoms with Crippen LogP contribution < -0.4 is 10.1 Å². The highest BCUT2D eigenvalue weighted by Crippen LogP contribution is 2.72. The minimum Gasteiger partial charge on any atom is -0.468 e. The number of fused-ring (bicyclic) bond motifs is 12. The average molecular weight is 1720 g/mol. The van der Waals surface area contributed by atoms with Gasteiger partial charge in [-0.1, -0.05) is 55.7 Å². The highest BCUT2D eigenvalue weighted by atomic mass is 35.5. The van der Waals surface area contributed by atoms with Crippen LogP contribution in [0.3, 0.4) is 0 Å². The molecule has 1 unspecified atom stereocenters. The van der Waals surface area contributed by atoms with E-state index in [1.54, 1.807) is 41.2 Å². The molecule has 12 aliphatic carbocycles. The Hall–Kier alpha value is -4.43. The zero-order valence-electron chi connectivity index (χ0n) is 71.6. The maximum atomic E-state index is 12.7. The number of alkyl halides is 2. The van der Waals surface area contributed by atoms with Crippen LogP contribution in [0.2, 0.25) is 0 Å². The standard InChI is InChI=1S/C29H42N2O3.C23H36N2O3P2.C22H35NO.C7H4ClNO4.C6H9NO.C4H8O.CH2Cl2/c1-19-24-9-10-26-23-8-7-20-16-21(34-27(32)30(3)17-22-6-5-15-33-22)11-13-28(20,2)25(23)12-14-29(24,26)18-31(19)4;1-14-18-6-7-20-17-5-4-15-12-16(27-21(26)28-30-24-29)8-10-22(15,2)19(17)9-11-23(18,20)13-25(14)3;1-14-18-6-7-20-17-5-4-15-12-16(24)8-10-21(15,2)19(17)9-11-22(18,20)13-23(14)3;8-7(10)13-6-3-1-5(2-4-6)9(11)12;1-7-5-6-3-2-4-8-6;1-2-4-5-3-1;2-1-3/h5-7,15,19,21,23-26H,8-14,16-18H2,1-4H3;4,14,16-20H,5-13,29H2,1-3H3;4,14,16-20,24H,5-13H2,1-3H3;1-4H;2-4,7H,5H2,1H3;1-4H2;1H2/t19-,21-,23+,24+,25-,26-,28-,29-;14-,16-,17+,18+,19-,20-,22-,23-;14-,16-,17+,18+,19-,20-,21-,22-;;;;/m000..../s1. The number of amides is 1. The molecule has 20 nitrogen and oxygen atoms in total. The number of aliphatic hydroxyl groups excluding tert-OH is 1. The Bertz CT molecular complexity index is 3960. The van der Waals surface area contributed by atoms with Crippen LogP contribution in [0.15, 0.2) is 109 Å². The highest BCUT2D eigenvalue weighted by molar-refractivity contribution is 7.31. The summed E-state index contributed by atoms with van der Waals surface area (Å²) in [5, 5.41) is 23.5. The van der Waals surface area contributed by atoms with E-state index >= 15 is 0 Å². The summed E-state index contributed by atoms with van der Waals surface area (Å²) in [4.78, 5) is 54.1. The van der Waals surface area contributed by atoms with Crippen molar-refractivity contribution < 1.29 is 56.7 Å². The van der Waals surface area contributed by atoms with Gasteiger partial charge in [-0.05, 0) is 352 Å². The third-order valence-corrected chi connectivity index (χ3v) is 34.7. The number of allylic oxidation sites excluding steroid dienone is 3. The third kappa shape index (κ3) is 18.6. The number of nitrogens with zero attached hydrogens (tertiary/aromatic N) is 6. The predicted octanol–water partition coefficient (Wildman–Crippen LogP) is 22.1. The number of non-ortho nitro benzene ring substituents is 1. The van der Waals surface area contributed by atoms with E-state index < -0.39 is 16.5 Å². The Kier molecular flexibility index (Phi) is 29.9. The maximum absolute atomic E-state index is 12.7. The summed E-state index contributed by atoms with van der Waals surface area (Å²) in [6.07, 6.45) is 42.9. The van der Waals surface area contributed by atoms with Crippen LogP contribution in [0.25, 0.3) is 0 Å². The number of furan rings is 2. The monoisotopic (exact) mass is 1710 g/mol. The van der Waals surface area contributed by atoms with Gasteiger partial charge in [-0.25, -0.2) is 18.9 Å².